The van der Waals surface area contributed by atoms with E-state index in [4.69, 9.17) is 17.3 Å². The van der Waals surface area contributed by atoms with Crippen molar-refractivity contribution in [2.45, 2.75) is 13.3 Å². The van der Waals surface area contributed by atoms with Crippen LogP contribution in [0.1, 0.15) is 12.6 Å². The predicted molar refractivity (Wildman–Crippen MR) is 40.9 cm³/mol. The van der Waals surface area contributed by atoms with Crippen molar-refractivity contribution in [3.63, 3.8) is 0 Å². The van der Waals surface area contributed by atoms with Gasteiger partial charge in [-0.25, -0.2) is 0 Å². The van der Waals surface area contributed by atoms with Gasteiger partial charge in [-0.2, -0.15) is 4.37 Å². The van der Waals surface area contributed by atoms with Gasteiger partial charge in [-0.1, -0.05) is 18.5 Å². The summed E-state index contributed by atoms with van der Waals surface area (Å²) in [5, 5.41) is 1.25. The molecule has 0 atom stereocenters. The standard InChI is InChI=1S/C5H7ClN2S/c1-2-3-4(6)5(7)9-8-3/h2,7H2,1H3. The molecule has 1 aromatic rings. The number of hydrogen-bond donors (Lipinski definition) is 1. The summed E-state index contributed by atoms with van der Waals surface area (Å²) < 4.78 is 4.02. The SMILES string of the molecule is CCc1nsc(N)c1Cl. The molecule has 0 aromatic carbocycles. The van der Waals surface area contributed by atoms with Gasteiger partial charge in [-0.05, 0) is 18.0 Å². The van der Waals surface area contributed by atoms with Crippen LogP contribution in [0, 0.1) is 0 Å². The molecule has 0 saturated carbocycles. The molecule has 0 saturated heterocycles. The average molecular weight is 163 g/mol. The first-order chi connectivity index (χ1) is 4.25. The maximum atomic E-state index is 5.73. The van der Waals surface area contributed by atoms with Gasteiger partial charge in [-0.3, -0.25) is 0 Å². The van der Waals surface area contributed by atoms with Crippen molar-refractivity contribution in [2.24, 2.45) is 0 Å². The summed E-state index contributed by atoms with van der Waals surface area (Å²) in [6.45, 7) is 2.00. The molecule has 1 aromatic heterocycles. The Balaban J connectivity index is 3.04. The van der Waals surface area contributed by atoms with E-state index in [9.17, 15) is 0 Å². The van der Waals surface area contributed by atoms with E-state index in [0.29, 0.717) is 10.0 Å². The lowest BCUT2D eigenvalue weighted by molar-refractivity contribution is 1.09. The second-order valence-electron chi connectivity index (χ2n) is 1.66. The number of hydrogen-bond acceptors (Lipinski definition) is 3. The molecule has 2 nitrogen and oxygen atoms in total. The van der Waals surface area contributed by atoms with E-state index >= 15 is 0 Å². The van der Waals surface area contributed by atoms with Crippen molar-refractivity contribution >= 4 is 28.1 Å². The van der Waals surface area contributed by atoms with E-state index in [1.165, 1.54) is 11.5 Å². The third-order valence-electron chi connectivity index (χ3n) is 1.06. The zero-order chi connectivity index (χ0) is 6.85. The van der Waals surface area contributed by atoms with Gasteiger partial charge in [-0.15, -0.1) is 0 Å². The molecule has 4 heteroatoms. The molecule has 0 radical (unpaired) electrons. The van der Waals surface area contributed by atoms with E-state index in [1.807, 2.05) is 6.92 Å². The van der Waals surface area contributed by atoms with Crippen molar-refractivity contribution in [1.29, 1.82) is 0 Å². The van der Waals surface area contributed by atoms with Gasteiger partial charge in [0.1, 0.15) is 5.00 Å². The highest BCUT2D eigenvalue weighted by Crippen LogP contribution is 2.26. The first-order valence-electron chi connectivity index (χ1n) is 2.65. The first kappa shape index (κ1) is 6.83. The van der Waals surface area contributed by atoms with Crippen LogP contribution in [-0.2, 0) is 6.42 Å². The van der Waals surface area contributed by atoms with E-state index < -0.39 is 0 Å². The molecule has 1 heterocycles. The zero-order valence-corrected chi connectivity index (χ0v) is 6.59. The number of rotatable bonds is 1. The van der Waals surface area contributed by atoms with Gasteiger partial charge >= 0.3 is 0 Å². The van der Waals surface area contributed by atoms with Gasteiger partial charge in [0.05, 0.1) is 10.7 Å². The van der Waals surface area contributed by atoms with Crippen LogP contribution in [0.15, 0.2) is 0 Å². The monoisotopic (exact) mass is 162 g/mol. The number of anilines is 1. The fourth-order valence-electron chi connectivity index (χ4n) is 0.546. The number of nitrogen functional groups attached to an aromatic ring is 1. The van der Waals surface area contributed by atoms with Gasteiger partial charge in [0.15, 0.2) is 0 Å². The Morgan fingerprint density at radius 2 is 2.44 bits per heavy atom. The van der Waals surface area contributed by atoms with Crippen molar-refractivity contribution in [1.82, 2.24) is 4.37 Å². The Kier molecular flexibility index (Phi) is 1.93. The Morgan fingerprint density at radius 3 is 2.67 bits per heavy atom. The van der Waals surface area contributed by atoms with Crippen LogP contribution in [0.5, 0.6) is 0 Å². The normalized spacial score (nSPS) is 10.0. The Labute approximate surface area is 62.8 Å². The molecule has 0 amide bonds. The summed E-state index contributed by atoms with van der Waals surface area (Å²) in [4.78, 5) is 0. The van der Waals surface area contributed by atoms with Gasteiger partial charge in [0, 0.05) is 0 Å². The van der Waals surface area contributed by atoms with Crippen LogP contribution in [0.4, 0.5) is 5.00 Å². The molecule has 0 aliphatic rings. The highest BCUT2D eigenvalue weighted by atomic mass is 35.5. The molecule has 1 rings (SSSR count). The van der Waals surface area contributed by atoms with E-state index in [0.717, 1.165) is 12.1 Å². The third-order valence-corrected chi connectivity index (χ3v) is 2.31. The van der Waals surface area contributed by atoms with Crippen LogP contribution in [-0.4, -0.2) is 4.37 Å². The van der Waals surface area contributed by atoms with Crippen LogP contribution in [0.25, 0.3) is 0 Å². The lowest BCUT2D eigenvalue weighted by Crippen LogP contribution is -1.81. The summed E-state index contributed by atoms with van der Waals surface area (Å²) in [6, 6.07) is 0. The Bertz CT molecular complexity index is 209. The topological polar surface area (TPSA) is 38.9 Å². The summed E-state index contributed by atoms with van der Waals surface area (Å²) in [5.74, 6) is 0. The van der Waals surface area contributed by atoms with Crippen molar-refractivity contribution in [3.8, 4) is 0 Å². The minimum atomic E-state index is 0.619. The molecule has 9 heavy (non-hydrogen) atoms. The molecule has 0 aliphatic heterocycles. The third kappa shape index (κ3) is 1.17. The van der Waals surface area contributed by atoms with E-state index in [-0.39, 0.29) is 0 Å². The van der Waals surface area contributed by atoms with Gasteiger partial charge in [0.2, 0.25) is 0 Å². The van der Waals surface area contributed by atoms with E-state index in [2.05, 4.69) is 4.37 Å². The summed E-state index contributed by atoms with van der Waals surface area (Å²) in [7, 11) is 0. The lowest BCUT2D eigenvalue weighted by Gasteiger charge is -1.86. The number of nitrogens with zero attached hydrogens (tertiary/aromatic N) is 1. The smallest absolute Gasteiger partial charge is 0.126 e. The van der Waals surface area contributed by atoms with Gasteiger partial charge < -0.3 is 5.73 Å². The molecular weight excluding hydrogens is 156 g/mol. The second-order valence-corrected chi connectivity index (χ2v) is 2.84. The highest BCUT2D eigenvalue weighted by molar-refractivity contribution is 7.10. The first-order valence-corrected chi connectivity index (χ1v) is 3.80. The number of aryl methyl sites for hydroxylation is 1. The average Bonchev–Trinajstić information content (AvgIpc) is 2.15. The number of aromatic nitrogens is 1. The molecule has 50 valence electrons. The highest BCUT2D eigenvalue weighted by Gasteiger charge is 2.04. The minimum Gasteiger partial charge on any atom is -0.388 e. The van der Waals surface area contributed by atoms with Gasteiger partial charge in [0.25, 0.3) is 0 Å². The lowest BCUT2D eigenvalue weighted by atomic mass is 10.3. The number of nitrogens with two attached hydrogens (primary N) is 1. The van der Waals surface area contributed by atoms with Crippen LogP contribution in [0.2, 0.25) is 5.02 Å². The molecule has 2 N–H and O–H groups in total. The van der Waals surface area contributed by atoms with Crippen molar-refractivity contribution < 1.29 is 0 Å². The summed E-state index contributed by atoms with van der Waals surface area (Å²) in [6.07, 6.45) is 0.854. The largest absolute Gasteiger partial charge is 0.388 e. The second kappa shape index (κ2) is 2.54. The predicted octanol–water partition coefficient (Wildman–Crippen LogP) is 1.94. The van der Waals surface area contributed by atoms with Crippen LogP contribution < -0.4 is 5.73 Å². The van der Waals surface area contributed by atoms with Crippen LogP contribution >= 0.6 is 23.1 Å². The summed E-state index contributed by atoms with van der Waals surface area (Å²) in [5.41, 5.74) is 6.34. The molecule has 0 unspecified atom stereocenters. The van der Waals surface area contributed by atoms with E-state index in [1.54, 1.807) is 0 Å². The van der Waals surface area contributed by atoms with Crippen LogP contribution in [0.3, 0.4) is 0 Å². The van der Waals surface area contributed by atoms with Crippen molar-refractivity contribution in [3.05, 3.63) is 10.7 Å². The Morgan fingerprint density at radius 1 is 1.78 bits per heavy atom. The molecule has 0 bridgehead atoms. The Hall–Kier alpha value is -0.280. The number of halogens is 1. The zero-order valence-electron chi connectivity index (χ0n) is 5.02. The fourth-order valence-corrected chi connectivity index (χ4v) is 1.50. The molecular formula is C5H7ClN2S. The minimum absolute atomic E-state index is 0.619. The molecule has 0 fully saturated rings. The fraction of sp³-hybridized carbons (Fsp3) is 0.400. The maximum Gasteiger partial charge on any atom is 0.126 e. The van der Waals surface area contributed by atoms with Crippen molar-refractivity contribution in [2.75, 3.05) is 5.73 Å². The summed E-state index contributed by atoms with van der Waals surface area (Å²) >= 11 is 6.98. The molecule has 0 aliphatic carbocycles. The maximum absolute atomic E-state index is 5.73. The quantitative estimate of drug-likeness (QED) is 0.686. The molecule has 0 spiro atoms.